The standard InChI is InChI=1S/C22H29N3O3S/c1-15(2)20(25-22(27)28-14-16-8-4-3-5-9-16)21(26)23-13-12-19-24-17-10-6-7-11-18(17)29-19/h3-5,8-9,15,20H,6-7,10-14H2,1-2H3,(H,23,26)(H,25,27)/t20-/m1/s1. The maximum Gasteiger partial charge on any atom is 0.408 e. The second-order valence-corrected chi connectivity index (χ2v) is 8.82. The van der Waals surface area contributed by atoms with Crippen LogP contribution in [0.1, 0.15) is 47.8 Å². The number of alkyl carbamates (subject to hydrolysis) is 1. The summed E-state index contributed by atoms with van der Waals surface area (Å²) in [7, 11) is 0. The van der Waals surface area contributed by atoms with Crippen LogP contribution in [0.5, 0.6) is 0 Å². The first kappa shape index (κ1) is 21.3. The lowest BCUT2D eigenvalue weighted by Crippen LogP contribution is -2.50. The second-order valence-electron chi connectivity index (χ2n) is 7.65. The van der Waals surface area contributed by atoms with Crippen LogP contribution >= 0.6 is 11.3 Å². The summed E-state index contributed by atoms with van der Waals surface area (Å²) in [5, 5.41) is 6.70. The fourth-order valence-corrected chi connectivity index (χ4v) is 4.50. The third kappa shape index (κ3) is 6.29. The van der Waals surface area contributed by atoms with Crippen LogP contribution in [0.15, 0.2) is 30.3 Å². The summed E-state index contributed by atoms with van der Waals surface area (Å²) in [4.78, 5) is 30.8. The normalized spacial score (nSPS) is 14.2. The van der Waals surface area contributed by atoms with Gasteiger partial charge in [0.25, 0.3) is 0 Å². The summed E-state index contributed by atoms with van der Waals surface area (Å²) in [6.07, 6.45) is 4.79. The fraction of sp³-hybridized carbons (Fsp3) is 0.500. The first-order valence-corrected chi connectivity index (χ1v) is 11.1. The summed E-state index contributed by atoms with van der Waals surface area (Å²) in [5.74, 6) is -0.246. The molecule has 2 aromatic rings. The summed E-state index contributed by atoms with van der Waals surface area (Å²) in [6, 6.07) is 8.82. The van der Waals surface area contributed by atoms with E-state index in [9.17, 15) is 9.59 Å². The Morgan fingerprint density at radius 3 is 2.66 bits per heavy atom. The molecular formula is C22H29N3O3S. The average Bonchev–Trinajstić information content (AvgIpc) is 3.13. The Morgan fingerprint density at radius 1 is 1.17 bits per heavy atom. The SMILES string of the molecule is CC(C)[C@@H](NC(=O)OCc1ccccc1)C(=O)NCCc1nc2c(s1)CCCC2. The van der Waals surface area contributed by atoms with Gasteiger partial charge < -0.3 is 15.4 Å². The molecule has 2 amide bonds. The Bertz CT molecular complexity index is 796. The van der Waals surface area contributed by atoms with Gasteiger partial charge in [-0.2, -0.15) is 0 Å². The number of amides is 2. The van der Waals surface area contributed by atoms with Crippen LogP contribution < -0.4 is 10.6 Å². The molecule has 7 heteroatoms. The Hall–Kier alpha value is -2.41. The average molecular weight is 416 g/mol. The third-order valence-electron chi connectivity index (χ3n) is 4.96. The molecule has 1 aromatic heterocycles. The van der Waals surface area contributed by atoms with Crippen molar-refractivity contribution in [3.05, 3.63) is 51.5 Å². The maximum absolute atomic E-state index is 12.6. The number of rotatable bonds is 8. The molecule has 1 aliphatic rings. The number of hydrogen-bond acceptors (Lipinski definition) is 5. The molecule has 1 atom stereocenters. The highest BCUT2D eigenvalue weighted by Gasteiger charge is 2.24. The van der Waals surface area contributed by atoms with Gasteiger partial charge in [-0.3, -0.25) is 4.79 Å². The summed E-state index contributed by atoms with van der Waals surface area (Å²) < 4.78 is 5.24. The molecule has 0 fully saturated rings. The number of thiazole rings is 1. The van der Waals surface area contributed by atoms with E-state index >= 15 is 0 Å². The highest BCUT2D eigenvalue weighted by molar-refractivity contribution is 7.11. The molecule has 0 unspecified atom stereocenters. The van der Waals surface area contributed by atoms with Crippen LogP contribution in [0.25, 0.3) is 0 Å². The number of ether oxygens (including phenoxy) is 1. The summed E-state index contributed by atoms with van der Waals surface area (Å²) in [6.45, 7) is 4.48. The quantitative estimate of drug-likeness (QED) is 0.690. The molecule has 29 heavy (non-hydrogen) atoms. The summed E-state index contributed by atoms with van der Waals surface area (Å²) >= 11 is 1.76. The van der Waals surface area contributed by atoms with E-state index in [1.54, 1.807) is 11.3 Å². The second kappa shape index (κ2) is 10.4. The molecule has 0 saturated carbocycles. The van der Waals surface area contributed by atoms with Gasteiger partial charge in [0.05, 0.1) is 10.7 Å². The number of hydrogen-bond donors (Lipinski definition) is 2. The van der Waals surface area contributed by atoms with E-state index in [4.69, 9.17) is 9.72 Å². The number of aromatic nitrogens is 1. The minimum atomic E-state index is -0.636. The predicted octanol–water partition coefficient (Wildman–Crippen LogP) is 3.63. The van der Waals surface area contributed by atoms with E-state index in [2.05, 4.69) is 10.6 Å². The van der Waals surface area contributed by atoms with Crippen molar-refractivity contribution in [2.75, 3.05) is 6.54 Å². The molecule has 6 nitrogen and oxygen atoms in total. The van der Waals surface area contributed by atoms with Crippen molar-refractivity contribution in [3.63, 3.8) is 0 Å². The van der Waals surface area contributed by atoms with Crippen LogP contribution in [0, 0.1) is 5.92 Å². The molecule has 0 saturated heterocycles. The Kier molecular flexibility index (Phi) is 7.63. The van der Waals surface area contributed by atoms with Crippen molar-refractivity contribution in [3.8, 4) is 0 Å². The zero-order valence-electron chi connectivity index (χ0n) is 17.1. The van der Waals surface area contributed by atoms with Crippen LogP contribution in [0.2, 0.25) is 0 Å². The Morgan fingerprint density at radius 2 is 1.93 bits per heavy atom. The van der Waals surface area contributed by atoms with Crippen LogP contribution in [0.4, 0.5) is 4.79 Å². The summed E-state index contributed by atoms with van der Waals surface area (Å²) in [5.41, 5.74) is 2.14. The molecule has 2 N–H and O–H groups in total. The smallest absolute Gasteiger partial charge is 0.408 e. The van der Waals surface area contributed by atoms with Gasteiger partial charge in [0, 0.05) is 17.8 Å². The lowest BCUT2D eigenvalue weighted by Gasteiger charge is -2.21. The van der Waals surface area contributed by atoms with Gasteiger partial charge in [-0.25, -0.2) is 9.78 Å². The Balaban J connectivity index is 1.44. The molecule has 1 aromatic carbocycles. The van der Waals surface area contributed by atoms with Gasteiger partial charge in [0.1, 0.15) is 12.6 Å². The van der Waals surface area contributed by atoms with E-state index < -0.39 is 12.1 Å². The molecule has 3 rings (SSSR count). The lowest BCUT2D eigenvalue weighted by atomic mass is 10.0. The minimum Gasteiger partial charge on any atom is -0.445 e. The highest BCUT2D eigenvalue weighted by Crippen LogP contribution is 2.26. The topological polar surface area (TPSA) is 80.3 Å². The van der Waals surface area contributed by atoms with Gasteiger partial charge in [0.15, 0.2) is 0 Å². The van der Waals surface area contributed by atoms with E-state index in [-0.39, 0.29) is 18.4 Å². The van der Waals surface area contributed by atoms with Gasteiger partial charge in [-0.05, 0) is 37.2 Å². The number of aryl methyl sites for hydroxylation is 2. The molecule has 0 radical (unpaired) electrons. The number of nitrogens with one attached hydrogen (secondary N) is 2. The van der Waals surface area contributed by atoms with Gasteiger partial charge >= 0.3 is 6.09 Å². The van der Waals surface area contributed by atoms with Crippen molar-refractivity contribution in [1.29, 1.82) is 0 Å². The number of nitrogens with zero attached hydrogens (tertiary/aromatic N) is 1. The number of benzene rings is 1. The number of carbonyl (C=O) groups excluding carboxylic acids is 2. The third-order valence-corrected chi connectivity index (χ3v) is 6.18. The monoisotopic (exact) mass is 415 g/mol. The van der Waals surface area contributed by atoms with E-state index in [0.717, 1.165) is 23.4 Å². The van der Waals surface area contributed by atoms with Crippen molar-refractivity contribution in [2.45, 2.75) is 58.6 Å². The van der Waals surface area contributed by atoms with Crippen molar-refractivity contribution >= 4 is 23.3 Å². The predicted molar refractivity (Wildman–Crippen MR) is 114 cm³/mol. The molecule has 1 aliphatic carbocycles. The lowest BCUT2D eigenvalue weighted by molar-refractivity contribution is -0.124. The van der Waals surface area contributed by atoms with Gasteiger partial charge in [-0.15, -0.1) is 11.3 Å². The van der Waals surface area contributed by atoms with E-state index in [1.807, 2.05) is 44.2 Å². The van der Waals surface area contributed by atoms with Gasteiger partial charge in [-0.1, -0.05) is 44.2 Å². The fourth-order valence-electron chi connectivity index (χ4n) is 3.34. The molecule has 0 spiro atoms. The molecule has 0 bridgehead atoms. The van der Waals surface area contributed by atoms with Crippen molar-refractivity contribution < 1.29 is 14.3 Å². The van der Waals surface area contributed by atoms with E-state index in [1.165, 1.54) is 23.4 Å². The number of carbonyl (C=O) groups is 2. The van der Waals surface area contributed by atoms with Crippen LogP contribution in [-0.4, -0.2) is 29.6 Å². The first-order valence-electron chi connectivity index (χ1n) is 10.3. The van der Waals surface area contributed by atoms with Crippen molar-refractivity contribution in [2.24, 2.45) is 5.92 Å². The zero-order valence-corrected chi connectivity index (χ0v) is 17.9. The van der Waals surface area contributed by atoms with Crippen LogP contribution in [-0.2, 0) is 35.4 Å². The minimum absolute atomic E-state index is 0.0496. The number of fused-ring (bicyclic) bond motifs is 1. The molecule has 0 aliphatic heterocycles. The molecular weight excluding hydrogens is 386 g/mol. The molecule has 156 valence electrons. The zero-order chi connectivity index (χ0) is 20.6. The maximum atomic E-state index is 12.6. The first-order chi connectivity index (χ1) is 14.0. The van der Waals surface area contributed by atoms with Crippen molar-refractivity contribution in [1.82, 2.24) is 15.6 Å². The highest BCUT2D eigenvalue weighted by atomic mass is 32.1. The van der Waals surface area contributed by atoms with Gasteiger partial charge in [0.2, 0.25) is 5.91 Å². The van der Waals surface area contributed by atoms with E-state index in [0.29, 0.717) is 13.0 Å². The molecule has 1 heterocycles. The van der Waals surface area contributed by atoms with Crippen LogP contribution in [0.3, 0.4) is 0 Å². The Labute approximate surface area is 176 Å². The largest absolute Gasteiger partial charge is 0.445 e.